The average Bonchev–Trinajstić information content (AvgIpc) is 2.55. The minimum Gasteiger partial charge on any atom is -0.496 e. The summed E-state index contributed by atoms with van der Waals surface area (Å²) in [5.41, 5.74) is 1.95. The zero-order valence-electron chi connectivity index (χ0n) is 12.8. The summed E-state index contributed by atoms with van der Waals surface area (Å²) in [7, 11) is 1.64. The second-order valence-electron chi connectivity index (χ2n) is 5.38. The van der Waals surface area contributed by atoms with Gasteiger partial charge in [-0.25, -0.2) is 0 Å². The molecule has 3 rings (SSSR count). The molecule has 1 atom stereocenters. The Hall–Kier alpha value is -1.94. The molecule has 0 radical (unpaired) electrons. The van der Waals surface area contributed by atoms with Crippen molar-refractivity contribution >= 4 is 23.4 Å². The van der Waals surface area contributed by atoms with Crippen molar-refractivity contribution in [3.63, 3.8) is 0 Å². The van der Waals surface area contributed by atoms with Crippen LogP contribution >= 0.6 is 11.8 Å². The monoisotopic (exact) mass is 313 g/mol. The summed E-state index contributed by atoms with van der Waals surface area (Å²) >= 11 is 1.81. The van der Waals surface area contributed by atoms with E-state index in [0.717, 1.165) is 22.8 Å². The Kier molecular flexibility index (Phi) is 4.39. The number of amides is 1. The van der Waals surface area contributed by atoms with E-state index in [0.29, 0.717) is 6.42 Å². The van der Waals surface area contributed by atoms with Crippen LogP contribution in [0.3, 0.4) is 0 Å². The number of fused-ring (bicyclic) bond motifs is 1. The van der Waals surface area contributed by atoms with E-state index in [4.69, 9.17) is 4.74 Å². The molecule has 1 aliphatic heterocycles. The second-order valence-corrected chi connectivity index (χ2v) is 6.44. The molecule has 1 aliphatic rings. The molecule has 2 aromatic carbocycles. The smallest absolute Gasteiger partial charge is 0.231 e. The summed E-state index contributed by atoms with van der Waals surface area (Å²) in [5.74, 6) is 1.81. The first-order valence-corrected chi connectivity index (χ1v) is 8.35. The molecule has 0 fully saturated rings. The molecule has 4 heteroatoms. The molecule has 0 bridgehead atoms. The van der Waals surface area contributed by atoms with Gasteiger partial charge in [-0.05, 0) is 25.1 Å². The van der Waals surface area contributed by atoms with Gasteiger partial charge in [-0.1, -0.05) is 30.3 Å². The summed E-state index contributed by atoms with van der Waals surface area (Å²) in [6, 6.07) is 16.0. The molecular weight excluding hydrogens is 294 g/mol. The maximum Gasteiger partial charge on any atom is 0.231 e. The Morgan fingerprint density at radius 1 is 1.23 bits per heavy atom. The molecule has 22 heavy (non-hydrogen) atoms. The number of thioether (sulfide) groups is 1. The van der Waals surface area contributed by atoms with Crippen LogP contribution in [0.2, 0.25) is 0 Å². The first kappa shape index (κ1) is 15.0. The van der Waals surface area contributed by atoms with Crippen LogP contribution in [0.1, 0.15) is 12.5 Å². The van der Waals surface area contributed by atoms with Crippen LogP contribution in [-0.4, -0.2) is 24.8 Å². The fraction of sp³-hybridized carbons (Fsp3) is 0.278. The molecule has 0 aliphatic carbocycles. The molecule has 0 N–H and O–H groups in total. The van der Waals surface area contributed by atoms with Crippen LogP contribution < -0.4 is 9.64 Å². The Morgan fingerprint density at radius 2 is 1.95 bits per heavy atom. The highest BCUT2D eigenvalue weighted by Gasteiger charge is 2.28. The molecule has 2 aromatic rings. The summed E-state index contributed by atoms with van der Waals surface area (Å²) in [4.78, 5) is 16.0. The summed E-state index contributed by atoms with van der Waals surface area (Å²) < 4.78 is 5.35. The normalized spacial score (nSPS) is 17.0. The minimum atomic E-state index is 0.116. The van der Waals surface area contributed by atoms with Crippen molar-refractivity contribution in [1.29, 1.82) is 0 Å². The maximum absolute atomic E-state index is 12.9. The molecule has 0 saturated heterocycles. The number of anilines is 1. The van der Waals surface area contributed by atoms with E-state index in [1.807, 2.05) is 59.1 Å². The van der Waals surface area contributed by atoms with Gasteiger partial charge in [0.05, 0.1) is 19.2 Å². The van der Waals surface area contributed by atoms with Crippen molar-refractivity contribution in [3.8, 4) is 5.75 Å². The molecule has 3 nitrogen and oxygen atoms in total. The number of nitrogens with zero attached hydrogens (tertiary/aromatic N) is 1. The van der Waals surface area contributed by atoms with Crippen LogP contribution in [0.15, 0.2) is 53.4 Å². The molecule has 114 valence electrons. The Balaban J connectivity index is 1.89. The molecule has 1 heterocycles. The average molecular weight is 313 g/mol. The van der Waals surface area contributed by atoms with Crippen LogP contribution in [0.25, 0.3) is 0 Å². The van der Waals surface area contributed by atoms with Crippen molar-refractivity contribution in [2.24, 2.45) is 0 Å². The van der Waals surface area contributed by atoms with Crippen LogP contribution in [-0.2, 0) is 11.2 Å². The summed E-state index contributed by atoms with van der Waals surface area (Å²) in [5, 5.41) is 0. The largest absolute Gasteiger partial charge is 0.496 e. The molecule has 0 saturated carbocycles. The van der Waals surface area contributed by atoms with Gasteiger partial charge in [0.25, 0.3) is 0 Å². The Bertz CT molecular complexity index is 686. The quantitative estimate of drug-likeness (QED) is 0.864. The van der Waals surface area contributed by atoms with Gasteiger partial charge in [0.1, 0.15) is 5.75 Å². The molecular formula is C18H19NO2S. The zero-order valence-corrected chi connectivity index (χ0v) is 13.6. The number of hydrogen-bond acceptors (Lipinski definition) is 3. The van der Waals surface area contributed by atoms with E-state index in [1.54, 1.807) is 7.11 Å². The third kappa shape index (κ3) is 2.83. The van der Waals surface area contributed by atoms with Crippen molar-refractivity contribution in [1.82, 2.24) is 0 Å². The predicted octanol–water partition coefficient (Wildman–Crippen LogP) is 3.77. The SMILES string of the molecule is COc1ccccc1CC(=O)N1c2ccccc2SCC1C. The van der Waals surface area contributed by atoms with Gasteiger partial charge in [-0.2, -0.15) is 0 Å². The summed E-state index contributed by atoms with van der Waals surface area (Å²) in [6.07, 6.45) is 0.355. The number of methoxy groups -OCH3 is 1. The number of rotatable bonds is 3. The van der Waals surface area contributed by atoms with Gasteiger partial charge >= 0.3 is 0 Å². The van der Waals surface area contributed by atoms with Crippen molar-refractivity contribution in [2.45, 2.75) is 24.3 Å². The van der Waals surface area contributed by atoms with Gasteiger partial charge in [0.2, 0.25) is 5.91 Å². The molecule has 0 aromatic heterocycles. The lowest BCUT2D eigenvalue weighted by molar-refractivity contribution is -0.118. The third-order valence-corrected chi connectivity index (χ3v) is 5.15. The summed E-state index contributed by atoms with van der Waals surface area (Å²) in [6.45, 7) is 2.10. The van der Waals surface area contributed by atoms with Crippen molar-refractivity contribution in [3.05, 3.63) is 54.1 Å². The number of benzene rings is 2. The lowest BCUT2D eigenvalue weighted by Crippen LogP contribution is -2.43. The Morgan fingerprint density at radius 3 is 2.77 bits per heavy atom. The van der Waals surface area contributed by atoms with E-state index in [-0.39, 0.29) is 11.9 Å². The van der Waals surface area contributed by atoms with Crippen LogP contribution in [0.5, 0.6) is 5.75 Å². The zero-order chi connectivity index (χ0) is 15.5. The van der Waals surface area contributed by atoms with Crippen LogP contribution in [0.4, 0.5) is 5.69 Å². The fourth-order valence-corrected chi connectivity index (χ4v) is 3.84. The third-order valence-electron chi connectivity index (χ3n) is 3.85. The van der Waals surface area contributed by atoms with E-state index in [9.17, 15) is 4.79 Å². The number of para-hydroxylation sites is 2. The van der Waals surface area contributed by atoms with E-state index in [1.165, 1.54) is 4.90 Å². The first-order chi connectivity index (χ1) is 10.7. The predicted molar refractivity (Wildman–Crippen MR) is 90.8 cm³/mol. The highest BCUT2D eigenvalue weighted by atomic mass is 32.2. The first-order valence-electron chi connectivity index (χ1n) is 7.36. The number of ether oxygens (including phenoxy) is 1. The molecule has 1 unspecified atom stereocenters. The van der Waals surface area contributed by atoms with Gasteiger partial charge in [-0.15, -0.1) is 11.8 Å². The molecule has 0 spiro atoms. The van der Waals surface area contributed by atoms with Gasteiger partial charge < -0.3 is 9.64 Å². The van der Waals surface area contributed by atoms with E-state index in [2.05, 4.69) is 13.0 Å². The second kappa shape index (κ2) is 6.44. The van der Waals surface area contributed by atoms with E-state index >= 15 is 0 Å². The number of carbonyl (C=O) groups excluding carboxylic acids is 1. The molecule has 1 amide bonds. The number of hydrogen-bond donors (Lipinski definition) is 0. The standard InChI is InChI=1S/C18H19NO2S/c1-13-12-22-17-10-6-4-8-15(17)19(13)18(20)11-14-7-3-5-9-16(14)21-2/h3-10,13H,11-12H2,1-2H3. The topological polar surface area (TPSA) is 29.5 Å². The fourth-order valence-electron chi connectivity index (χ4n) is 2.78. The van der Waals surface area contributed by atoms with Gasteiger partial charge in [0.15, 0.2) is 0 Å². The maximum atomic E-state index is 12.9. The van der Waals surface area contributed by atoms with Crippen molar-refractivity contribution in [2.75, 3.05) is 17.8 Å². The number of carbonyl (C=O) groups is 1. The van der Waals surface area contributed by atoms with Gasteiger partial charge in [-0.3, -0.25) is 4.79 Å². The highest BCUT2D eigenvalue weighted by molar-refractivity contribution is 7.99. The van der Waals surface area contributed by atoms with Gasteiger partial charge in [0, 0.05) is 22.3 Å². The van der Waals surface area contributed by atoms with Crippen molar-refractivity contribution < 1.29 is 9.53 Å². The van der Waals surface area contributed by atoms with Crippen LogP contribution in [0, 0.1) is 0 Å². The Labute approximate surface area is 135 Å². The lowest BCUT2D eigenvalue weighted by atomic mass is 10.1. The highest BCUT2D eigenvalue weighted by Crippen LogP contribution is 2.37. The lowest BCUT2D eigenvalue weighted by Gasteiger charge is -2.35. The van der Waals surface area contributed by atoms with E-state index < -0.39 is 0 Å². The minimum absolute atomic E-state index is 0.116.